The fraction of sp³-hybridized carbons (Fsp3) is 0.533. The van der Waals surface area contributed by atoms with Gasteiger partial charge in [-0.2, -0.15) is 0 Å². The van der Waals surface area contributed by atoms with Crippen LogP contribution < -0.4 is 10.6 Å². The van der Waals surface area contributed by atoms with Gasteiger partial charge >= 0.3 is 0 Å². The Morgan fingerprint density at radius 3 is 2.75 bits per heavy atom. The van der Waals surface area contributed by atoms with Crippen molar-refractivity contribution in [3.63, 3.8) is 0 Å². The molecule has 1 saturated heterocycles. The normalized spacial score (nSPS) is 19.9. The van der Waals surface area contributed by atoms with Gasteiger partial charge in [0.2, 0.25) is 5.91 Å². The van der Waals surface area contributed by atoms with Crippen molar-refractivity contribution in [1.82, 2.24) is 10.6 Å². The molecule has 2 unspecified atom stereocenters. The lowest BCUT2D eigenvalue weighted by Gasteiger charge is -2.16. The third-order valence-electron chi connectivity index (χ3n) is 3.57. The van der Waals surface area contributed by atoms with Crippen LogP contribution in [-0.4, -0.2) is 24.5 Å². The first-order chi connectivity index (χ1) is 9.56. The summed E-state index contributed by atoms with van der Waals surface area (Å²) in [6.07, 6.45) is 2.67. The zero-order valence-electron chi connectivity index (χ0n) is 11.6. The van der Waals surface area contributed by atoms with Crippen LogP contribution in [0.3, 0.4) is 0 Å². The molecule has 1 aromatic carbocycles. The van der Waals surface area contributed by atoms with E-state index in [4.69, 9.17) is 0 Å². The van der Waals surface area contributed by atoms with E-state index >= 15 is 0 Å². The van der Waals surface area contributed by atoms with Crippen molar-refractivity contribution in [2.24, 2.45) is 0 Å². The number of halogens is 2. The highest BCUT2D eigenvalue weighted by molar-refractivity contribution is 5.76. The summed E-state index contributed by atoms with van der Waals surface area (Å²) in [5.74, 6) is -1.21. The molecule has 1 aliphatic rings. The van der Waals surface area contributed by atoms with E-state index in [2.05, 4.69) is 10.6 Å². The second-order valence-corrected chi connectivity index (χ2v) is 5.37. The minimum atomic E-state index is -0.566. The molecule has 1 aliphatic heterocycles. The maximum absolute atomic E-state index is 13.5. The number of amides is 1. The number of benzene rings is 1. The van der Waals surface area contributed by atoms with Gasteiger partial charge in [-0.05, 0) is 44.9 Å². The summed E-state index contributed by atoms with van der Waals surface area (Å²) in [5, 5.41) is 6.05. The summed E-state index contributed by atoms with van der Waals surface area (Å²) in [6.45, 7) is 2.71. The van der Waals surface area contributed by atoms with Crippen LogP contribution in [0.15, 0.2) is 18.2 Å². The van der Waals surface area contributed by atoms with E-state index in [-0.39, 0.29) is 30.0 Å². The third kappa shape index (κ3) is 4.00. The van der Waals surface area contributed by atoms with Gasteiger partial charge in [-0.1, -0.05) is 6.07 Å². The highest BCUT2D eigenvalue weighted by atomic mass is 19.1. The van der Waals surface area contributed by atoms with Crippen LogP contribution in [0, 0.1) is 11.6 Å². The molecule has 0 saturated carbocycles. The number of hydrogen-bond acceptors (Lipinski definition) is 2. The topological polar surface area (TPSA) is 41.1 Å². The van der Waals surface area contributed by atoms with Gasteiger partial charge < -0.3 is 10.6 Å². The summed E-state index contributed by atoms with van der Waals surface area (Å²) >= 11 is 0. The minimum absolute atomic E-state index is 0.0271. The molecule has 2 N–H and O–H groups in total. The van der Waals surface area contributed by atoms with E-state index in [1.54, 1.807) is 6.92 Å². The molecule has 20 heavy (non-hydrogen) atoms. The monoisotopic (exact) mass is 282 g/mol. The Bertz CT molecular complexity index is 453. The van der Waals surface area contributed by atoms with Crippen LogP contribution in [0.25, 0.3) is 0 Å². The molecule has 0 aromatic heterocycles. The van der Waals surface area contributed by atoms with Crippen molar-refractivity contribution >= 4 is 5.91 Å². The summed E-state index contributed by atoms with van der Waals surface area (Å²) in [5.41, 5.74) is 0.0271. The molecule has 0 radical (unpaired) electrons. The lowest BCUT2D eigenvalue weighted by atomic mass is 10.1. The molecule has 5 heteroatoms. The Balaban J connectivity index is 1.85. The van der Waals surface area contributed by atoms with Crippen molar-refractivity contribution in [3.05, 3.63) is 35.4 Å². The van der Waals surface area contributed by atoms with E-state index in [1.807, 2.05) is 0 Å². The molecule has 1 amide bonds. The van der Waals surface area contributed by atoms with Crippen LogP contribution in [-0.2, 0) is 11.2 Å². The van der Waals surface area contributed by atoms with E-state index in [9.17, 15) is 13.6 Å². The van der Waals surface area contributed by atoms with Gasteiger partial charge in [0.15, 0.2) is 0 Å². The number of rotatable bonds is 5. The summed E-state index contributed by atoms with van der Waals surface area (Å²) in [7, 11) is 0. The van der Waals surface area contributed by atoms with Crippen molar-refractivity contribution in [2.75, 3.05) is 6.54 Å². The maximum Gasteiger partial charge on any atom is 0.221 e. The van der Waals surface area contributed by atoms with Gasteiger partial charge in [0, 0.05) is 24.1 Å². The molecular weight excluding hydrogens is 262 g/mol. The highest BCUT2D eigenvalue weighted by Gasteiger charge is 2.19. The Morgan fingerprint density at radius 1 is 1.45 bits per heavy atom. The van der Waals surface area contributed by atoms with E-state index in [0.717, 1.165) is 19.4 Å². The van der Waals surface area contributed by atoms with Gasteiger partial charge in [-0.3, -0.25) is 4.79 Å². The molecule has 0 aliphatic carbocycles. The first-order valence-electron chi connectivity index (χ1n) is 7.02. The van der Waals surface area contributed by atoms with Gasteiger partial charge in [0.1, 0.15) is 11.6 Å². The molecule has 3 nitrogen and oxygen atoms in total. The fourth-order valence-electron chi connectivity index (χ4n) is 2.57. The number of carbonyl (C=O) groups excluding carboxylic acids is 1. The highest BCUT2D eigenvalue weighted by Crippen LogP contribution is 2.14. The molecule has 110 valence electrons. The first kappa shape index (κ1) is 14.9. The van der Waals surface area contributed by atoms with E-state index < -0.39 is 11.6 Å². The lowest BCUT2D eigenvalue weighted by molar-refractivity contribution is -0.122. The Morgan fingerprint density at radius 2 is 2.15 bits per heavy atom. The number of hydrogen-bond donors (Lipinski definition) is 2. The molecule has 1 heterocycles. The fourth-order valence-corrected chi connectivity index (χ4v) is 2.57. The van der Waals surface area contributed by atoms with Crippen molar-refractivity contribution in [1.29, 1.82) is 0 Å². The molecule has 2 rings (SSSR count). The molecule has 1 fully saturated rings. The van der Waals surface area contributed by atoms with Gasteiger partial charge in [-0.25, -0.2) is 8.78 Å². The smallest absolute Gasteiger partial charge is 0.221 e. The molecule has 0 bridgehead atoms. The predicted octanol–water partition coefficient (Wildman–Crippen LogP) is 2.15. The minimum Gasteiger partial charge on any atom is -0.353 e. The number of nitrogens with one attached hydrogen (secondary N) is 2. The summed E-state index contributed by atoms with van der Waals surface area (Å²) in [4.78, 5) is 11.8. The largest absolute Gasteiger partial charge is 0.353 e. The maximum atomic E-state index is 13.5. The Labute approximate surface area is 117 Å². The first-order valence-corrected chi connectivity index (χ1v) is 7.02. The van der Waals surface area contributed by atoms with Crippen molar-refractivity contribution < 1.29 is 13.6 Å². The van der Waals surface area contributed by atoms with Gasteiger partial charge in [0.05, 0.1) is 0 Å². The number of carbonyl (C=O) groups is 1. The molecule has 0 spiro atoms. The van der Waals surface area contributed by atoms with E-state index in [0.29, 0.717) is 6.42 Å². The van der Waals surface area contributed by atoms with Crippen LogP contribution in [0.1, 0.15) is 31.7 Å². The average Bonchev–Trinajstić information content (AvgIpc) is 2.86. The molecular formula is C15H20F2N2O. The SMILES string of the molecule is CC(Cc1c(F)cccc1F)NC(=O)CC1CCCN1. The Hall–Kier alpha value is -1.49. The van der Waals surface area contributed by atoms with Crippen LogP contribution in [0.4, 0.5) is 8.78 Å². The summed E-state index contributed by atoms with van der Waals surface area (Å²) in [6, 6.07) is 3.73. The van der Waals surface area contributed by atoms with Crippen LogP contribution >= 0.6 is 0 Å². The summed E-state index contributed by atoms with van der Waals surface area (Å²) < 4.78 is 27.0. The molecule has 2 atom stereocenters. The lowest BCUT2D eigenvalue weighted by Crippen LogP contribution is -2.38. The second kappa shape index (κ2) is 6.79. The Kier molecular flexibility index (Phi) is 5.06. The van der Waals surface area contributed by atoms with E-state index in [1.165, 1.54) is 18.2 Å². The third-order valence-corrected chi connectivity index (χ3v) is 3.57. The predicted molar refractivity (Wildman–Crippen MR) is 73.3 cm³/mol. The zero-order chi connectivity index (χ0) is 14.5. The van der Waals surface area contributed by atoms with Crippen molar-refractivity contribution in [2.45, 2.75) is 44.7 Å². The van der Waals surface area contributed by atoms with Crippen LogP contribution in [0.2, 0.25) is 0 Å². The standard InChI is InChI=1S/C15H20F2N2O/c1-10(8-12-13(16)5-2-6-14(12)17)19-15(20)9-11-4-3-7-18-11/h2,5-6,10-11,18H,3-4,7-9H2,1H3,(H,19,20). The van der Waals surface area contributed by atoms with Crippen molar-refractivity contribution in [3.8, 4) is 0 Å². The average molecular weight is 282 g/mol. The van der Waals surface area contributed by atoms with Crippen LogP contribution in [0.5, 0.6) is 0 Å². The van der Waals surface area contributed by atoms with Gasteiger partial charge in [-0.15, -0.1) is 0 Å². The second-order valence-electron chi connectivity index (χ2n) is 5.37. The zero-order valence-corrected chi connectivity index (χ0v) is 11.6. The van der Waals surface area contributed by atoms with Gasteiger partial charge in [0.25, 0.3) is 0 Å². The quantitative estimate of drug-likeness (QED) is 0.869. The molecule has 1 aromatic rings.